The van der Waals surface area contributed by atoms with E-state index in [0.717, 1.165) is 24.0 Å². The van der Waals surface area contributed by atoms with E-state index in [1.165, 1.54) is 0 Å². The van der Waals surface area contributed by atoms with E-state index in [2.05, 4.69) is 0 Å². The molecule has 0 aliphatic carbocycles. The third-order valence-electron chi connectivity index (χ3n) is 4.35. The Bertz CT molecular complexity index is 491. The number of benzene rings is 1. The third kappa shape index (κ3) is 2.60. The number of aryl methyl sites for hydroxylation is 1. The zero-order chi connectivity index (χ0) is 14.9. The van der Waals surface area contributed by atoms with Crippen molar-refractivity contribution in [3.63, 3.8) is 0 Å². The fraction of sp³-hybridized carbons (Fsp3) is 0.625. The average Bonchev–Trinajstić information content (AvgIpc) is 2.66. The molecule has 2 aliphatic heterocycles. The summed E-state index contributed by atoms with van der Waals surface area (Å²) in [7, 11) is 0. The average molecular weight is 294 g/mol. The van der Waals surface area contributed by atoms with Crippen LogP contribution in [0, 0.1) is 0 Å². The zero-order valence-electron chi connectivity index (χ0n) is 11.9. The van der Waals surface area contributed by atoms with E-state index in [1.807, 2.05) is 24.3 Å². The summed E-state index contributed by atoms with van der Waals surface area (Å²) in [6.45, 7) is 0.440. The van der Waals surface area contributed by atoms with Gasteiger partial charge >= 0.3 is 0 Å². The number of hydrogen-bond donors (Lipinski definition) is 3. The molecule has 2 heterocycles. The first-order chi connectivity index (χ1) is 10.2. The van der Waals surface area contributed by atoms with Crippen LogP contribution >= 0.6 is 0 Å². The van der Waals surface area contributed by atoms with E-state index in [-0.39, 0.29) is 12.7 Å². The molecule has 3 N–H and O–H groups in total. The first-order valence-electron chi connectivity index (χ1n) is 7.54. The van der Waals surface area contributed by atoms with Gasteiger partial charge in [0, 0.05) is 18.6 Å². The summed E-state index contributed by atoms with van der Waals surface area (Å²) in [5, 5.41) is 29.9. The molecule has 3 rings (SSSR count). The lowest BCUT2D eigenvalue weighted by Gasteiger charge is -2.46. The molecular weight excluding hydrogens is 272 g/mol. The van der Waals surface area contributed by atoms with E-state index in [0.29, 0.717) is 19.4 Å². The SMILES string of the molecule is OCC[C@H]1C[C@H](O)[C@@H](O)[C@@]2(OCCCc3ccccc32)O1. The number of aliphatic hydroxyl groups is 3. The van der Waals surface area contributed by atoms with E-state index in [1.54, 1.807) is 0 Å². The van der Waals surface area contributed by atoms with E-state index >= 15 is 0 Å². The minimum absolute atomic E-state index is 0.0226. The van der Waals surface area contributed by atoms with Gasteiger partial charge in [-0.2, -0.15) is 0 Å². The Morgan fingerprint density at radius 3 is 2.86 bits per heavy atom. The molecule has 0 amide bonds. The number of rotatable bonds is 2. The molecule has 1 spiro atoms. The quantitative estimate of drug-likeness (QED) is 0.748. The van der Waals surface area contributed by atoms with E-state index in [4.69, 9.17) is 14.6 Å². The lowest BCUT2D eigenvalue weighted by Crippen LogP contribution is -2.57. The maximum absolute atomic E-state index is 10.5. The number of aliphatic hydroxyl groups excluding tert-OH is 3. The van der Waals surface area contributed by atoms with Gasteiger partial charge in [-0.25, -0.2) is 0 Å². The molecule has 1 aromatic carbocycles. The van der Waals surface area contributed by atoms with Crippen molar-refractivity contribution in [2.24, 2.45) is 0 Å². The molecule has 1 aromatic rings. The fourth-order valence-corrected chi connectivity index (χ4v) is 3.32. The van der Waals surface area contributed by atoms with Crippen molar-refractivity contribution in [1.29, 1.82) is 0 Å². The van der Waals surface area contributed by atoms with Crippen LogP contribution < -0.4 is 0 Å². The van der Waals surface area contributed by atoms with Gasteiger partial charge < -0.3 is 24.8 Å². The summed E-state index contributed by atoms with van der Waals surface area (Å²) in [6, 6.07) is 7.73. The van der Waals surface area contributed by atoms with Crippen LogP contribution in [0.3, 0.4) is 0 Å². The van der Waals surface area contributed by atoms with Gasteiger partial charge in [0.15, 0.2) is 0 Å². The van der Waals surface area contributed by atoms with Crippen LogP contribution in [0.5, 0.6) is 0 Å². The molecule has 0 saturated carbocycles. The van der Waals surface area contributed by atoms with Crippen LogP contribution in [0.15, 0.2) is 24.3 Å². The van der Waals surface area contributed by atoms with Gasteiger partial charge in [0.25, 0.3) is 0 Å². The van der Waals surface area contributed by atoms with Gasteiger partial charge in [0.05, 0.1) is 18.8 Å². The van der Waals surface area contributed by atoms with Gasteiger partial charge in [-0.1, -0.05) is 24.3 Å². The first kappa shape index (κ1) is 14.9. The number of ether oxygens (including phenoxy) is 2. The molecule has 0 bridgehead atoms. The van der Waals surface area contributed by atoms with Crippen molar-refractivity contribution >= 4 is 0 Å². The molecule has 5 heteroatoms. The van der Waals surface area contributed by atoms with Crippen molar-refractivity contribution in [2.75, 3.05) is 13.2 Å². The van der Waals surface area contributed by atoms with Crippen LogP contribution in [-0.2, 0) is 21.7 Å². The summed E-state index contributed by atoms with van der Waals surface area (Å²) >= 11 is 0. The molecular formula is C16H22O5. The van der Waals surface area contributed by atoms with Crippen LogP contribution in [0.1, 0.15) is 30.4 Å². The van der Waals surface area contributed by atoms with Crippen molar-refractivity contribution in [3.05, 3.63) is 35.4 Å². The Morgan fingerprint density at radius 1 is 1.24 bits per heavy atom. The summed E-state index contributed by atoms with van der Waals surface area (Å²) in [5.41, 5.74) is 1.86. The second-order valence-corrected chi connectivity index (χ2v) is 5.78. The lowest BCUT2D eigenvalue weighted by molar-refractivity contribution is -0.350. The van der Waals surface area contributed by atoms with Crippen LogP contribution in [0.2, 0.25) is 0 Å². The minimum atomic E-state index is -1.33. The lowest BCUT2D eigenvalue weighted by atomic mass is 9.86. The van der Waals surface area contributed by atoms with Crippen LogP contribution in [0.25, 0.3) is 0 Å². The maximum Gasteiger partial charge on any atom is 0.224 e. The smallest absolute Gasteiger partial charge is 0.224 e. The molecule has 21 heavy (non-hydrogen) atoms. The maximum atomic E-state index is 10.5. The minimum Gasteiger partial charge on any atom is -0.396 e. The molecule has 0 radical (unpaired) electrons. The zero-order valence-corrected chi connectivity index (χ0v) is 11.9. The van der Waals surface area contributed by atoms with Crippen molar-refractivity contribution < 1.29 is 24.8 Å². The highest BCUT2D eigenvalue weighted by atomic mass is 16.7. The highest BCUT2D eigenvalue weighted by Gasteiger charge is 2.52. The predicted octanol–water partition coefficient (Wildman–Crippen LogP) is 0.695. The molecule has 4 atom stereocenters. The monoisotopic (exact) mass is 294 g/mol. The Balaban J connectivity index is 2.03. The van der Waals surface area contributed by atoms with Crippen LogP contribution in [0.4, 0.5) is 0 Å². The number of fused-ring (bicyclic) bond motifs is 2. The summed E-state index contributed by atoms with van der Waals surface area (Å²) < 4.78 is 12.0. The summed E-state index contributed by atoms with van der Waals surface area (Å²) in [6.07, 6.45) is 0.0175. The Kier molecular flexibility index (Phi) is 4.28. The van der Waals surface area contributed by atoms with Crippen molar-refractivity contribution in [1.82, 2.24) is 0 Å². The standard InChI is InChI=1S/C16H22O5/c17-8-7-12-10-14(18)15(19)16(21-12)13-6-2-1-4-11(13)5-3-9-20-16/h1-2,4,6,12,14-15,17-19H,3,5,7-10H2/t12-,14-,15+,16-/m0/s1. The van der Waals surface area contributed by atoms with Crippen molar-refractivity contribution in [3.8, 4) is 0 Å². The summed E-state index contributed by atoms with van der Waals surface area (Å²) in [4.78, 5) is 0. The molecule has 0 unspecified atom stereocenters. The molecule has 0 aromatic heterocycles. The number of hydrogen-bond acceptors (Lipinski definition) is 5. The Labute approximate surface area is 124 Å². The molecule has 1 fully saturated rings. The topological polar surface area (TPSA) is 79.2 Å². The largest absolute Gasteiger partial charge is 0.396 e. The van der Waals surface area contributed by atoms with E-state index in [9.17, 15) is 10.2 Å². The Morgan fingerprint density at radius 2 is 2.05 bits per heavy atom. The highest BCUT2D eigenvalue weighted by molar-refractivity contribution is 5.34. The molecule has 2 aliphatic rings. The fourth-order valence-electron chi connectivity index (χ4n) is 3.32. The predicted molar refractivity (Wildman–Crippen MR) is 75.6 cm³/mol. The Hall–Kier alpha value is -0.980. The highest BCUT2D eigenvalue weighted by Crippen LogP contribution is 2.43. The van der Waals surface area contributed by atoms with Crippen LogP contribution in [-0.4, -0.2) is 46.8 Å². The van der Waals surface area contributed by atoms with Gasteiger partial charge in [-0.3, -0.25) is 0 Å². The second kappa shape index (κ2) is 6.02. The summed E-state index contributed by atoms with van der Waals surface area (Å²) in [5.74, 6) is -1.33. The third-order valence-corrected chi connectivity index (χ3v) is 4.35. The van der Waals surface area contributed by atoms with Gasteiger partial charge in [-0.15, -0.1) is 0 Å². The van der Waals surface area contributed by atoms with Gasteiger partial charge in [0.2, 0.25) is 5.79 Å². The normalized spacial score (nSPS) is 36.2. The molecule has 5 nitrogen and oxygen atoms in total. The van der Waals surface area contributed by atoms with E-state index < -0.39 is 18.0 Å². The van der Waals surface area contributed by atoms with Crippen molar-refractivity contribution in [2.45, 2.75) is 49.8 Å². The van der Waals surface area contributed by atoms with Gasteiger partial charge in [0.1, 0.15) is 6.10 Å². The second-order valence-electron chi connectivity index (χ2n) is 5.78. The molecule has 1 saturated heterocycles. The van der Waals surface area contributed by atoms with Gasteiger partial charge in [-0.05, 0) is 24.8 Å². The molecule has 116 valence electrons. The first-order valence-corrected chi connectivity index (χ1v) is 7.54.